The van der Waals surface area contributed by atoms with E-state index in [1.165, 1.54) is 19.3 Å². The zero-order valence-electron chi connectivity index (χ0n) is 13.7. The number of benzene rings is 1. The maximum Gasteiger partial charge on any atom is 0.341 e. The number of hydrogen-bond acceptors (Lipinski definition) is 3. The molecule has 0 aliphatic heterocycles. The average Bonchev–Trinajstić information content (AvgIpc) is 2.52. The van der Waals surface area contributed by atoms with Crippen LogP contribution in [0.5, 0.6) is 5.75 Å². The first kappa shape index (κ1) is 17.3. The second-order valence-corrected chi connectivity index (χ2v) is 6.12. The SMILES string of the molecule is CN(C(=O)C1CCCCCCC1)c1ccc(OCC(=O)O)cc1. The van der Waals surface area contributed by atoms with Crippen molar-refractivity contribution in [2.45, 2.75) is 44.9 Å². The summed E-state index contributed by atoms with van der Waals surface area (Å²) in [7, 11) is 1.80. The van der Waals surface area contributed by atoms with E-state index in [1.807, 2.05) is 0 Å². The Labute approximate surface area is 137 Å². The van der Waals surface area contributed by atoms with Gasteiger partial charge in [-0.05, 0) is 37.1 Å². The molecule has 1 saturated carbocycles. The average molecular weight is 319 g/mol. The van der Waals surface area contributed by atoms with Crippen LogP contribution in [0, 0.1) is 5.92 Å². The summed E-state index contributed by atoms with van der Waals surface area (Å²) >= 11 is 0. The fraction of sp³-hybridized carbons (Fsp3) is 0.556. The van der Waals surface area contributed by atoms with Crippen molar-refractivity contribution in [3.8, 4) is 5.75 Å². The largest absolute Gasteiger partial charge is 0.482 e. The highest BCUT2D eigenvalue weighted by Crippen LogP contribution is 2.26. The number of carbonyl (C=O) groups excluding carboxylic acids is 1. The molecule has 1 aromatic rings. The molecule has 5 heteroatoms. The summed E-state index contributed by atoms with van der Waals surface area (Å²) in [4.78, 5) is 24.9. The van der Waals surface area contributed by atoms with Crippen molar-refractivity contribution < 1.29 is 19.4 Å². The smallest absolute Gasteiger partial charge is 0.341 e. The molecule has 2 rings (SSSR count). The maximum atomic E-state index is 12.7. The van der Waals surface area contributed by atoms with Crippen LogP contribution in [0.2, 0.25) is 0 Å². The molecule has 1 amide bonds. The van der Waals surface area contributed by atoms with Crippen molar-refractivity contribution in [1.82, 2.24) is 0 Å². The molecule has 0 spiro atoms. The van der Waals surface area contributed by atoms with E-state index in [9.17, 15) is 9.59 Å². The lowest BCUT2D eigenvalue weighted by Gasteiger charge is -2.25. The Hall–Kier alpha value is -2.04. The Kier molecular flexibility index (Phi) is 6.44. The third-order valence-corrected chi connectivity index (χ3v) is 4.37. The number of ether oxygens (including phenoxy) is 1. The zero-order chi connectivity index (χ0) is 16.7. The molecule has 0 heterocycles. The molecule has 5 nitrogen and oxygen atoms in total. The predicted octanol–water partition coefficient (Wildman–Crippen LogP) is 3.47. The standard InChI is InChI=1S/C18H25NO4/c1-19(18(22)14-7-5-3-2-4-6-8-14)15-9-11-16(12-10-15)23-13-17(20)21/h9-12,14H,2-8,13H2,1H3,(H,20,21). The first-order chi connectivity index (χ1) is 11.1. The third-order valence-electron chi connectivity index (χ3n) is 4.37. The number of rotatable bonds is 5. The summed E-state index contributed by atoms with van der Waals surface area (Å²) in [5.41, 5.74) is 0.805. The van der Waals surface area contributed by atoms with Crippen LogP contribution >= 0.6 is 0 Å². The Morgan fingerprint density at radius 2 is 1.65 bits per heavy atom. The van der Waals surface area contributed by atoms with Gasteiger partial charge in [-0.25, -0.2) is 4.79 Å². The molecule has 1 fully saturated rings. The van der Waals surface area contributed by atoms with Crippen molar-refractivity contribution in [2.75, 3.05) is 18.6 Å². The van der Waals surface area contributed by atoms with Crippen molar-refractivity contribution in [2.24, 2.45) is 5.92 Å². The summed E-state index contributed by atoms with van der Waals surface area (Å²) < 4.78 is 5.11. The quantitative estimate of drug-likeness (QED) is 0.902. The van der Waals surface area contributed by atoms with Gasteiger partial charge in [0.05, 0.1) is 0 Å². The molecule has 0 radical (unpaired) electrons. The number of aliphatic carboxylic acids is 1. The molecule has 0 aromatic heterocycles. The van der Waals surface area contributed by atoms with Crippen LogP contribution in [0.25, 0.3) is 0 Å². The van der Waals surface area contributed by atoms with Crippen LogP contribution < -0.4 is 9.64 Å². The van der Waals surface area contributed by atoms with E-state index in [-0.39, 0.29) is 18.4 Å². The van der Waals surface area contributed by atoms with Crippen LogP contribution in [0.4, 0.5) is 5.69 Å². The van der Waals surface area contributed by atoms with Crippen LogP contribution in [-0.2, 0) is 9.59 Å². The minimum Gasteiger partial charge on any atom is -0.482 e. The Balaban J connectivity index is 1.96. The maximum absolute atomic E-state index is 12.7. The lowest BCUT2D eigenvalue weighted by atomic mass is 9.90. The van der Waals surface area contributed by atoms with E-state index < -0.39 is 5.97 Å². The zero-order valence-corrected chi connectivity index (χ0v) is 13.7. The molecule has 1 N–H and O–H groups in total. The Morgan fingerprint density at radius 1 is 1.09 bits per heavy atom. The number of carboxylic acid groups (broad SMARTS) is 1. The molecule has 0 atom stereocenters. The summed E-state index contributed by atoms with van der Waals surface area (Å²) in [5, 5.41) is 8.60. The highest BCUT2D eigenvalue weighted by atomic mass is 16.5. The third kappa shape index (κ3) is 5.27. The number of amides is 1. The van der Waals surface area contributed by atoms with E-state index in [0.717, 1.165) is 31.4 Å². The highest BCUT2D eigenvalue weighted by molar-refractivity contribution is 5.94. The lowest BCUT2D eigenvalue weighted by molar-refractivity contribution is -0.139. The van der Waals surface area contributed by atoms with Gasteiger partial charge in [0, 0.05) is 18.7 Å². The first-order valence-corrected chi connectivity index (χ1v) is 8.30. The Bertz CT molecular complexity index is 518. The highest BCUT2D eigenvalue weighted by Gasteiger charge is 2.23. The van der Waals surface area contributed by atoms with Gasteiger partial charge in [-0.1, -0.05) is 32.1 Å². The van der Waals surface area contributed by atoms with Gasteiger partial charge in [0.25, 0.3) is 0 Å². The molecule has 1 aliphatic rings. The van der Waals surface area contributed by atoms with Gasteiger partial charge < -0.3 is 14.7 Å². The second kappa shape index (κ2) is 8.56. The molecule has 126 valence electrons. The van der Waals surface area contributed by atoms with Crippen LogP contribution in [0.3, 0.4) is 0 Å². The minimum absolute atomic E-state index is 0.114. The summed E-state index contributed by atoms with van der Waals surface area (Å²) in [5.74, 6) is -0.233. The topological polar surface area (TPSA) is 66.8 Å². The van der Waals surface area contributed by atoms with E-state index in [1.54, 1.807) is 36.2 Å². The number of hydrogen-bond donors (Lipinski definition) is 1. The van der Waals surface area contributed by atoms with E-state index in [0.29, 0.717) is 5.75 Å². The number of anilines is 1. The van der Waals surface area contributed by atoms with Gasteiger partial charge in [0.2, 0.25) is 5.91 Å². The van der Waals surface area contributed by atoms with Crippen molar-refractivity contribution in [1.29, 1.82) is 0 Å². The minimum atomic E-state index is -1.01. The second-order valence-electron chi connectivity index (χ2n) is 6.12. The molecule has 0 saturated heterocycles. The summed E-state index contributed by atoms with van der Waals surface area (Å²) in [6.07, 6.45) is 7.95. The molecule has 0 unspecified atom stereocenters. The predicted molar refractivity (Wildman–Crippen MR) is 88.8 cm³/mol. The fourth-order valence-electron chi connectivity index (χ4n) is 3.02. The molecule has 23 heavy (non-hydrogen) atoms. The van der Waals surface area contributed by atoms with E-state index >= 15 is 0 Å². The van der Waals surface area contributed by atoms with Crippen molar-refractivity contribution in [3.05, 3.63) is 24.3 Å². The monoisotopic (exact) mass is 319 g/mol. The van der Waals surface area contributed by atoms with Crippen LogP contribution in [0.15, 0.2) is 24.3 Å². The lowest BCUT2D eigenvalue weighted by Crippen LogP contribution is -2.33. The molecular formula is C18H25NO4. The van der Waals surface area contributed by atoms with Gasteiger partial charge in [-0.15, -0.1) is 0 Å². The van der Waals surface area contributed by atoms with Crippen molar-refractivity contribution in [3.63, 3.8) is 0 Å². The van der Waals surface area contributed by atoms with E-state index in [2.05, 4.69) is 0 Å². The number of carbonyl (C=O) groups is 2. The number of nitrogens with zero attached hydrogens (tertiary/aromatic N) is 1. The first-order valence-electron chi connectivity index (χ1n) is 8.30. The van der Waals surface area contributed by atoms with Crippen LogP contribution in [0.1, 0.15) is 44.9 Å². The van der Waals surface area contributed by atoms with Gasteiger partial charge in [-0.2, -0.15) is 0 Å². The van der Waals surface area contributed by atoms with Gasteiger partial charge in [0.1, 0.15) is 5.75 Å². The fourth-order valence-corrected chi connectivity index (χ4v) is 3.02. The van der Waals surface area contributed by atoms with Gasteiger partial charge in [0.15, 0.2) is 6.61 Å². The molecule has 0 bridgehead atoms. The summed E-state index contributed by atoms with van der Waals surface area (Å²) in [6.45, 7) is -0.365. The molecular weight excluding hydrogens is 294 g/mol. The Morgan fingerprint density at radius 3 is 2.22 bits per heavy atom. The summed E-state index contributed by atoms with van der Waals surface area (Å²) in [6, 6.07) is 6.97. The van der Waals surface area contributed by atoms with Gasteiger partial charge in [-0.3, -0.25) is 4.79 Å². The molecule has 1 aromatic carbocycles. The van der Waals surface area contributed by atoms with Crippen LogP contribution in [-0.4, -0.2) is 30.6 Å². The normalized spacial score (nSPS) is 16.2. The van der Waals surface area contributed by atoms with E-state index in [4.69, 9.17) is 9.84 Å². The van der Waals surface area contributed by atoms with Crippen molar-refractivity contribution >= 4 is 17.6 Å². The molecule has 1 aliphatic carbocycles. The van der Waals surface area contributed by atoms with Gasteiger partial charge >= 0.3 is 5.97 Å². The number of carboxylic acids is 1.